The van der Waals surface area contributed by atoms with E-state index in [9.17, 15) is 9.59 Å². The van der Waals surface area contributed by atoms with Crippen molar-refractivity contribution < 1.29 is 14.7 Å². The van der Waals surface area contributed by atoms with Gasteiger partial charge in [-0.15, -0.1) is 0 Å². The van der Waals surface area contributed by atoms with Gasteiger partial charge in [0.1, 0.15) is 0 Å². The first-order valence-electron chi connectivity index (χ1n) is 3.63. The zero-order chi connectivity index (χ0) is 8.27. The molecule has 1 rings (SSSR count). The molecular weight excluding hydrogens is 145 g/mol. The molecule has 1 N–H and O–H groups in total. The molecule has 4 nitrogen and oxygen atoms in total. The van der Waals surface area contributed by atoms with Crippen LogP contribution in [0.4, 0.5) is 0 Å². The van der Waals surface area contributed by atoms with E-state index >= 15 is 0 Å². The predicted molar refractivity (Wildman–Crippen MR) is 41.2 cm³/mol. The molecular formula is C6H10BNO3. The van der Waals surface area contributed by atoms with Crippen molar-refractivity contribution in [2.24, 2.45) is 5.92 Å². The van der Waals surface area contributed by atoms with Gasteiger partial charge in [-0.1, -0.05) is 0 Å². The Labute approximate surface area is 65.4 Å². The van der Waals surface area contributed by atoms with E-state index in [1.54, 1.807) is 0 Å². The van der Waals surface area contributed by atoms with E-state index < -0.39 is 5.97 Å². The molecule has 1 saturated heterocycles. The van der Waals surface area contributed by atoms with Crippen molar-refractivity contribution in [2.45, 2.75) is 6.42 Å². The fraction of sp³-hybridized carbons (Fsp3) is 0.667. The highest BCUT2D eigenvalue weighted by Crippen LogP contribution is 2.14. The van der Waals surface area contributed by atoms with Crippen LogP contribution in [0.5, 0.6) is 0 Å². The van der Waals surface area contributed by atoms with E-state index in [2.05, 4.69) is 0 Å². The van der Waals surface area contributed by atoms with Gasteiger partial charge in [-0.05, 0) is 13.0 Å². The number of aliphatic carboxylic acids is 1. The Bertz CT molecular complexity index is 173. The van der Waals surface area contributed by atoms with Gasteiger partial charge in [0.25, 0.3) is 7.41 Å². The molecule has 0 radical (unpaired) electrons. The summed E-state index contributed by atoms with van der Waals surface area (Å²) in [5, 5.41) is 8.58. The molecule has 0 saturated carbocycles. The van der Waals surface area contributed by atoms with Crippen molar-refractivity contribution in [1.29, 1.82) is 0 Å². The highest BCUT2D eigenvalue weighted by atomic mass is 16.4. The number of carboxylic acid groups (broad SMARTS) is 1. The second-order valence-electron chi connectivity index (χ2n) is 2.75. The Kier molecular flexibility index (Phi) is 2.65. The minimum Gasteiger partial charge on any atom is -0.481 e. The van der Waals surface area contributed by atoms with E-state index in [0.29, 0.717) is 20.4 Å². The SMILES string of the molecule is O=CBN1CC[C@H](C(=O)O)C1. The molecule has 1 aliphatic rings. The molecule has 0 aromatic rings. The minimum absolute atomic E-state index is 0.269. The topological polar surface area (TPSA) is 57.6 Å². The zero-order valence-electron chi connectivity index (χ0n) is 6.19. The summed E-state index contributed by atoms with van der Waals surface area (Å²) in [7, 11) is 0.365. The molecule has 0 aliphatic carbocycles. The van der Waals surface area contributed by atoms with Gasteiger partial charge in [0.15, 0.2) is 0 Å². The number of hydrogen-bond donors (Lipinski definition) is 1. The first kappa shape index (κ1) is 8.26. The number of rotatable bonds is 3. The lowest BCUT2D eigenvalue weighted by atomic mass is 9.95. The Morgan fingerprint density at radius 2 is 2.45 bits per heavy atom. The third kappa shape index (κ3) is 2.05. The number of hydrogen-bond acceptors (Lipinski definition) is 3. The van der Waals surface area contributed by atoms with Gasteiger partial charge in [-0.2, -0.15) is 0 Å². The zero-order valence-corrected chi connectivity index (χ0v) is 6.19. The lowest BCUT2D eigenvalue weighted by Gasteiger charge is -2.08. The molecule has 1 heterocycles. The Balaban J connectivity index is 2.34. The highest BCUT2D eigenvalue weighted by Gasteiger charge is 2.27. The summed E-state index contributed by atoms with van der Waals surface area (Å²) in [5.41, 5.74) is 0. The molecule has 0 aromatic heterocycles. The smallest absolute Gasteiger partial charge is 0.307 e. The van der Waals surface area contributed by atoms with Crippen molar-refractivity contribution in [2.75, 3.05) is 13.1 Å². The average Bonchev–Trinajstić information content (AvgIpc) is 2.37. The van der Waals surface area contributed by atoms with E-state index in [1.165, 1.54) is 0 Å². The monoisotopic (exact) mass is 155 g/mol. The third-order valence-electron chi connectivity index (χ3n) is 1.95. The standard InChI is InChI=1S/C6H10BNO3/c9-4-7-8-2-1-5(3-8)6(10)11/h4-5,7H,1-3H2,(H,10,11)/t5-/m0/s1. The fourth-order valence-electron chi connectivity index (χ4n) is 1.31. The van der Waals surface area contributed by atoms with Gasteiger partial charge >= 0.3 is 5.97 Å². The van der Waals surface area contributed by atoms with Crippen LogP contribution in [-0.4, -0.2) is 42.6 Å². The number of carboxylic acids is 1. The van der Waals surface area contributed by atoms with Crippen molar-refractivity contribution in [3.8, 4) is 0 Å². The second kappa shape index (κ2) is 3.53. The quantitative estimate of drug-likeness (QED) is 0.416. The first-order valence-corrected chi connectivity index (χ1v) is 3.63. The van der Waals surface area contributed by atoms with Crippen LogP contribution in [0.3, 0.4) is 0 Å². The van der Waals surface area contributed by atoms with Crippen LogP contribution in [-0.2, 0) is 9.59 Å². The van der Waals surface area contributed by atoms with Gasteiger partial charge in [-0.25, -0.2) is 0 Å². The first-order chi connectivity index (χ1) is 5.24. The molecule has 0 amide bonds. The maximum atomic E-state index is 10.4. The van der Waals surface area contributed by atoms with Crippen molar-refractivity contribution in [3.05, 3.63) is 0 Å². The molecule has 60 valence electrons. The molecule has 1 fully saturated rings. The van der Waals surface area contributed by atoms with E-state index in [4.69, 9.17) is 5.11 Å². The molecule has 0 bridgehead atoms. The summed E-state index contributed by atoms with van der Waals surface area (Å²) in [5.74, 6) is -1.02. The molecule has 1 atom stereocenters. The maximum absolute atomic E-state index is 10.4. The van der Waals surface area contributed by atoms with Gasteiger partial charge < -0.3 is 14.7 Å². The summed E-state index contributed by atoms with van der Waals surface area (Å²) in [6, 6.07) is 0. The fourth-order valence-corrected chi connectivity index (χ4v) is 1.31. The Hall–Kier alpha value is -0.835. The highest BCUT2D eigenvalue weighted by molar-refractivity contribution is 6.64. The molecule has 1 aliphatic heterocycles. The third-order valence-corrected chi connectivity index (χ3v) is 1.95. The average molecular weight is 155 g/mol. The maximum Gasteiger partial charge on any atom is 0.307 e. The normalized spacial score (nSPS) is 24.9. The molecule has 0 aromatic carbocycles. The number of carbonyl (C=O) groups is 2. The Morgan fingerprint density at radius 1 is 1.73 bits per heavy atom. The van der Waals surface area contributed by atoms with Crippen LogP contribution in [0.1, 0.15) is 6.42 Å². The van der Waals surface area contributed by atoms with Crippen LogP contribution in [0.25, 0.3) is 0 Å². The summed E-state index contributed by atoms with van der Waals surface area (Å²) in [6.45, 7) is 1.25. The van der Waals surface area contributed by atoms with Gasteiger partial charge in [0, 0.05) is 6.54 Å². The summed E-state index contributed by atoms with van der Waals surface area (Å²) in [4.78, 5) is 22.3. The van der Waals surface area contributed by atoms with Crippen LogP contribution in [0.15, 0.2) is 0 Å². The van der Waals surface area contributed by atoms with E-state index in [1.807, 2.05) is 4.81 Å². The lowest BCUT2D eigenvalue weighted by molar-refractivity contribution is -0.141. The minimum atomic E-state index is -0.751. The van der Waals surface area contributed by atoms with Crippen LogP contribution >= 0.6 is 0 Å². The van der Waals surface area contributed by atoms with Crippen molar-refractivity contribution in [1.82, 2.24) is 4.81 Å². The predicted octanol–water partition coefficient (Wildman–Crippen LogP) is -1.07. The Morgan fingerprint density at radius 3 is 2.91 bits per heavy atom. The van der Waals surface area contributed by atoms with Crippen LogP contribution < -0.4 is 0 Å². The van der Waals surface area contributed by atoms with E-state index in [-0.39, 0.29) is 5.92 Å². The van der Waals surface area contributed by atoms with Gasteiger partial charge in [-0.3, -0.25) is 4.79 Å². The van der Waals surface area contributed by atoms with Crippen LogP contribution in [0, 0.1) is 5.92 Å². The van der Waals surface area contributed by atoms with E-state index in [0.717, 1.165) is 12.7 Å². The van der Waals surface area contributed by atoms with Crippen molar-refractivity contribution in [3.63, 3.8) is 0 Å². The second-order valence-corrected chi connectivity index (χ2v) is 2.75. The number of carbonyl (C=O) groups excluding carboxylic acids is 1. The molecule has 5 heteroatoms. The molecule has 0 unspecified atom stereocenters. The van der Waals surface area contributed by atoms with Gasteiger partial charge in [0.05, 0.1) is 12.1 Å². The van der Waals surface area contributed by atoms with Crippen LogP contribution in [0.2, 0.25) is 0 Å². The van der Waals surface area contributed by atoms with Gasteiger partial charge in [0.2, 0.25) is 0 Å². The van der Waals surface area contributed by atoms with Crippen molar-refractivity contribution >= 4 is 19.6 Å². The summed E-state index contributed by atoms with van der Waals surface area (Å²) >= 11 is 0. The lowest BCUT2D eigenvalue weighted by Crippen LogP contribution is -2.27. The largest absolute Gasteiger partial charge is 0.481 e. The summed E-state index contributed by atoms with van der Waals surface area (Å²) in [6.07, 6.45) is 1.48. The molecule has 0 spiro atoms. The molecule has 11 heavy (non-hydrogen) atoms. The summed E-state index contributed by atoms with van der Waals surface area (Å²) < 4.78 is 0. The number of nitrogens with zero attached hydrogens (tertiary/aromatic N) is 1.